The van der Waals surface area contributed by atoms with E-state index < -0.39 is 5.97 Å². The number of ether oxygens (including phenoxy) is 1. The summed E-state index contributed by atoms with van der Waals surface area (Å²) in [6.45, 7) is 1.90. The van der Waals surface area contributed by atoms with Crippen molar-refractivity contribution in [1.29, 1.82) is 0 Å². The first-order valence-corrected chi connectivity index (χ1v) is 4.20. The number of rotatable bonds is 4. The van der Waals surface area contributed by atoms with E-state index in [0.29, 0.717) is 12.2 Å². The third-order valence-electron chi connectivity index (χ3n) is 1.82. The highest BCUT2D eigenvalue weighted by Crippen LogP contribution is 2.00. The van der Waals surface area contributed by atoms with Crippen LogP contribution in [-0.4, -0.2) is 34.3 Å². The summed E-state index contributed by atoms with van der Waals surface area (Å²) in [5.74, 6) is -0.430. The Bertz CT molecular complexity index is 310. The summed E-state index contributed by atoms with van der Waals surface area (Å²) in [6, 6.07) is 0. The largest absolute Gasteiger partial charge is 0.478 e. The van der Waals surface area contributed by atoms with E-state index in [0.717, 1.165) is 0 Å². The number of hydrogen-bond acceptors (Lipinski definition) is 4. The van der Waals surface area contributed by atoms with E-state index in [1.165, 1.54) is 12.4 Å². The molecule has 5 heteroatoms. The normalized spacial score (nSPS) is 12.4. The quantitative estimate of drug-likeness (QED) is 0.769. The Labute approximate surface area is 81.8 Å². The fourth-order valence-corrected chi connectivity index (χ4v) is 0.911. The lowest BCUT2D eigenvalue weighted by Gasteiger charge is -2.07. The summed E-state index contributed by atoms with van der Waals surface area (Å²) in [5.41, 5.74) is 0.0961. The molecule has 1 atom stereocenters. The zero-order valence-corrected chi connectivity index (χ0v) is 8.10. The molecule has 1 aromatic heterocycles. The lowest BCUT2D eigenvalue weighted by molar-refractivity contribution is 0.0696. The Morgan fingerprint density at radius 1 is 1.57 bits per heavy atom. The molecule has 1 N–H and O–H groups in total. The van der Waals surface area contributed by atoms with Crippen molar-refractivity contribution >= 4 is 5.97 Å². The van der Waals surface area contributed by atoms with Gasteiger partial charge in [0.2, 0.25) is 0 Å². The van der Waals surface area contributed by atoms with Crippen LogP contribution in [0.3, 0.4) is 0 Å². The average molecular weight is 196 g/mol. The van der Waals surface area contributed by atoms with Gasteiger partial charge in [-0.05, 0) is 6.92 Å². The highest BCUT2D eigenvalue weighted by atomic mass is 16.5. The van der Waals surface area contributed by atoms with Gasteiger partial charge in [-0.25, -0.2) is 14.8 Å². The first-order valence-electron chi connectivity index (χ1n) is 4.20. The Morgan fingerprint density at radius 3 is 2.57 bits per heavy atom. The predicted octanol–water partition coefficient (Wildman–Crippen LogP) is 0.752. The van der Waals surface area contributed by atoms with Gasteiger partial charge in [0.05, 0.1) is 11.7 Å². The predicted molar refractivity (Wildman–Crippen MR) is 49.2 cm³/mol. The Morgan fingerprint density at radius 2 is 2.14 bits per heavy atom. The summed E-state index contributed by atoms with van der Waals surface area (Å²) < 4.78 is 5.04. The summed E-state index contributed by atoms with van der Waals surface area (Å²) in [4.78, 5) is 18.3. The zero-order chi connectivity index (χ0) is 10.6. The SMILES string of the molecule is COC(C)Cc1ncc(C(=O)O)cn1. The number of hydrogen-bond donors (Lipinski definition) is 1. The van der Waals surface area contributed by atoms with Crippen LogP contribution in [0.4, 0.5) is 0 Å². The molecule has 5 nitrogen and oxygen atoms in total. The third kappa shape index (κ3) is 2.77. The molecule has 0 spiro atoms. The van der Waals surface area contributed by atoms with Crippen molar-refractivity contribution in [3.05, 3.63) is 23.8 Å². The lowest BCUT2D eigenvalue weighted by Crippen LogP contribution is -2.12. The van der Waals surface area contributed by atoms with Crippen molar-refractivity contribution in [2.45, 2.75) is 19.4 Å². The second-order valence-electron chi connectivity index (χ2n) is 2.94. The first kappa shape index (κ1) is 10.6. The highest BCUT2D eigenvalue weighted by molar-refractivity contribution is 5.86. The van der Waals surface area contributed by atoms with Gasteiger partial charge in [0.1, 0.15) is 5.82 Å². The summed E-state index contributed by atoms with van der Waals surface area (Å²) in [5, 5.41) is 8.60. The van der Waals surface area contributed by atoms with E-state index in [4.69, 9.17) is 9.84 Å². The fraction of sp³-hybridized carbons (Fsp3) is 0.444. The minimum absolute atomic E-state index is 0.0330. The number of aromatic carboxylic acids is 1. The Balaban J connectivity index is 2.68. The molecule has 0 amide bonds. The number of carboxylic acid groups (broad SMARTS) is 1. The van der Waals surface area contributed by atoms with Gasteiger partial charge in [-0.1, -0.05) is 0 Å². The molecule has 76 valence electrons. The van der Waals surface area contributed by atoms with Gasteiger partial charge in [-0.2, -0.15) is 0 Å². The zero-order valence-electron chi connectivity index (χ0n) is 8.10. The molecule has 0 fully saturated rings. The van der Waals surface area contributed by atoms with E-state index >= 15 is 0 Å². The monoisotopic (exact) mass is 196 g/mol. The molecule has 0 saturated heterocycles. The average Bonchev–Trinajstić information content (AvgIpc) is 2.18. The van der Waals surface area contributed by atoms with Crippen LogP contribution in [0, 0.1) is 0 Å². The smallest absolute Gasteiger partial charge is 0.338 e. The molecule has 14 heavy (non-hydrogen) atoms. The minimum atomic E-state index is -1.02. The van der Waals surface area contributed by atoms with Crippen molar-refractivity contribution in [1.82, 2.24) is 9.97 Å². The summed E-state index contributed by atoms with van der Waals surface area (Å²) in [6.07, 6.45) is 3.21. The minimum Gasteiger partial charge on any atom is -0.478 e. The van der Waals surface area contributed by atoms with Gasteiger partial charge >= 0.3 is 5.97 Å². The standard InChI is InChI=1S/C9H12N2O3/c1-6(14-2)3-8-10-4-7(5-11-8)9(12)13/h4-6H,3H2,1-2H3,(H,12,13). The van der Waals surface area contributed by atoms with E-state index in [1.807, 2.05) is 6.92 Å². The van der Waals surface area contributed by atoms with E-state index in [9.17, 15) is 4.79 Å². The molecule has 0 aliphatic rings. The van der Waals surface area contributed by atoms with Gasteiger partial charge in [0.25, 0.3) is 0 Å². The van der Waals surface area contributed by atoms with Crippen LogP contribution in [0.25, 0.3) is 0 Å². The molecule has 1 aromatic rings. The van der Waals surface area contributed by atoms with Gasteiger partial charge in [0.15, 0.2) is 0 Å². The lowest BCUT2D eigenvalue weighted by atomic mass is 10.2. The maximum atomic E-state index is 10.5. The second kappa shape index (κ2) is 4.66. The second-order valence-corrected chi connectivity index (χ2v) is 2.94. The van der Waals surface area contributed by atoms with Crippen molar-refractivity contribution in [3.63, 3.8) is 0 Å². The summed E-state index contributed by atoms with van der Waals surface area (Å²) >= 11 is 0. The van der Waals surface area contributed by atoms with Crippen molar-refractivity contribution in [2.24, 2.45) is 0 Å². The molecule has 0 aromatic carbocycles. The molecule has 0 aliphatic heterocycles. The first-order chi connectivity index (χ1) is 6.63. The van der Waals surface area contributed by atoms with Crippen LogP contribution in [0.15, 0.2) is 12.4 Å². The van der Waals surface area contributed by atoms with Gasteiger partial charge in [-0.15, -0.1) is 0 Å². The molecule has 0 aliphatic carbocycles. The maximum absolute atomic E-state index is 10.5. The van der Waals surface area contributed by atoms with Gasteiger partial charge < -0.3 is 9.84 Å². The van der Waals surface area contributed by atoms with Crippen molar-refractivity contribution < 1.29 is 14.6 Å². The molecule has 0 bridgehead atoms. The van der Waals surface area contributed by atoms with Crippen LogP contribution < -0.4 is 0 Å². The van der Waals surface area contributed by atoms with Crippen molar-refractivity contribution in [2.75, 3.05) is 7.11 Å². The van der Waals surface area contributed by atoms with E-state index in [1.54, 1.807) is 7.11 Å². The Kier molecular flexibility index (Phi) is 3.53. The molecule has 1 heterocycles. The molecule has 0 radical (unpaired) electrons. The van der Waals surface area contributed by atoms with Crippen LogP contribution in [0.2, 0.25) is 0 Å². The maximum Gasteiger partial charge on any atom is 0.338 e. The molecule has 0 saturated carbocycles. The Hall–Kier alpha value is -1.49. The van der Waals surface area contributed by atoms with Gasteiger partial charge in [-0.3, -0.25) is 0 Å². The van der Waals surface area contributed by atoms with Crippen LogP contribution in [0.5, 0.6) is 0 Å². The molecular formula is C9H12N2O3. The summed E-state index contributed by atoms with van der Waals surface area (Å²) in [7, 11) is 1.61. The number of carbonyl (C=O) groups is 1. The van der Waals surface area contributed by atoms with E-state index in [2.05, 4.69) is 9.97 Å². The number of methoxy groups -OCH3 is 1. The molecule has 1 unspecified atom stereocenters. The number of nitrogens with zero attached hydrogens (tertiary/aromatic N) is 2. The van der Waals surface area contributed by atoms with Gasteiger partial charge in [0, 0.05) is 25.9 Å². The fourth-order valence-electron chi connectivity index (χ4n) is 0.911. The topological polar surface area (TPSA) is 72.3 Å². The number of aromatic nitrogens is 2. The van der Waals surface area contributed by atoms with Crippen molar-refractivity contribution in [3.8, 4) is 0 Å². The third-order valence-corrected chi connectivity index (χ3v) is 1.82. The molecule has 1 rings (SSSR count). The highest BCUT2D eigenvalue weighted by Gasteiger charge is 2.06. The van der Waals surface area contributed by atoms with Crippen LogP contribution >= 0.6 is 0 Å². The van der Waals surface area contributed by atoms with Crippen LogP contribution in [-0.2, 0) is 11.2 Å². The molecular weight excluding hydrogens is 184 g/mol. The van der Waals surface area contributed by atoms with E-state index in [-0.39, 0.29) is 11.7 Å². The number of carboxylic acids is 1. The van der Waals surface area contributed by atoms with Crippen LogP contribution in [0.1, 0.15) is 23.1 Å².